The molecule has 31 heavy (non-hydrogen) atoms. The molecular formula is C19H14N6O5S. The first-order valence-corrected chi connectivity index (χ1v) is 9.78. The van der Waals surface area contributed by atoms with Crippen molar-refractivity contribution in [2.45, 2.75) is 13.8 Å². The average Bonchev–Trinajstić information content (AvgIpc) is 3.28. The van der Waals surface area contributed by atoms with Gasteiger partial charge in [0.25, 0.3) is 23.2 Å². The third-order valence-corrected chi connectivity index (χ3v) is 5.48. The molecule has 2 heterocycles. The SMILES string of the molecule is Cc1ccc(-c2csc3nc(NC(=O)c4cc([N+](=O)[O-])c(C)c([N+](=O)[O-])c4)nn23)cc1. The number of nitro benzene ring substituents is 2. The topological polar surface area (TPSA) is 146 Å². The number of carbonyl (C=O) groups is 1. The second-order valence-corrected chi connectivity index (χ2v) is 7.56. The van der Waals surface area contributed by atoms with Crippen molar-refractivity contribution in [2.75, 3.05) is 5.32 Å². The summed E-state index contributed by atoms with van der Waals surface area (Å²) in [6, 6.07) is 9.82. The lowest BCUT2D eigenvalue weighted by Gasteiger charge is -2.04. The van der Waals surface area contributed by atoms with Crippen molar-refractivity contribution in [3.63, 3.8) is 0 Å². The van der Waals surface area contributed by atoms with Crippen LogP contribution in [0.3, 0.4) is 0 Å². The summed E-state index contributed by atoms with van der Waals surface area (Å²) in [5, 5.41) is 31.1. The van der Waals surface area contributed by atoms with E-state index in [0.717, 1.165) is 29.0 Å². The lowest BCUT2D eigenvalue weighted by atomic mass is 10.1. The monoisotopic (exact) mass is 438 g/mol. The number of thiazole rings is 1. The third kappa shape index (κ3) is 3.71. The molecule has 0 saturated heterocycles. The lowest BCUT2D eigenvalue weighted by molar-refractivity contribution is -0.395. The molecule has 1 amide bonds. The lowest BCUT2D eigenvalue weighted by Crippen LogP contribution is -2.14. The normalized spacial score (nSPS) is 10.9. The Balaban J connectivity index is 1.67. The predicted octanol–water partition coefficient (Wildman–Crippen LogP) is 4.14. The molecule has 4 rings (SSSR count). The molecule has 4 aromatic rings. The molecule has 0 fully saturated rings. The average molecular weight is 438 g/mol. The summed E-state index contributed by atoms with van der Waals surface area (Å²) in [5.74, 6) is -0.808. The number of aryl methyl sites for hydroxylation is 1. The second kappa shape index (κ2) is 7.57. The van der Waals surface area contributed by atoms with Gasteiger partial charge in [-0.05, 0) is 13.8 Å². The summed E-state index contributed by atoms with van der Waals surface area (Å²) >= 11 is 1.33. The maximum Gasteiger partial charge on any atom is 0.279 e. The van der Waals surface area contributed by atoms with Gasteiger partial charge in [0.1, 0.15) is 5.56 Å². The molecule has 12 heteroatoms. The van der Waals surface area contributed by atoms with Gasteiger partial charge in [-0.25, -0.2) is 4.52 Å². The maximum atomic E-state index is 12.6. The van der Waals surface area contributed by atoms with Gasteiger partial charge in [0.05, 0.1) is 21.1 Å². The molecule has 2 aromatic heterocycles. The highest BCUT2D eigenvalue weighted by molar-refractivity contribution is 7.15. The summed E-state index contributed by atoms with van der Waals surface area (Å²) in [7, 11) is 0. The molecule has 0 aliphatic rings. The van der Waals surface area contributed by atoms with Crippen LogP contribution in [0.5, 0.6) is 0 Å². The number of carbonyl (C=O) groups excluding carboxylic acids is 1. The van der Waals surface area contributed by atoms with E-state index in [1.54, 1.807) is 4.52 Å². The van der Waals surface area contributed by atoms with E-state index in [-0.39, 0.29) is 17.1 Å². The molecule has 0 saturated carbocycles. The van der Waals surface area contributed by atoms with Crippen LogP contribution in [0.4, 0.5) is 17.3 Å². The van der Waals surface area contributed by atoms with Crippen LogP contribution >= 0.6 is 11.3 Å². The van der Waals surface area contributed by atoms with Crippen LogP contribution < -0.4 is 5.32 Å². The fraction of sp³-hybridized carbons (Fsp3) is 0.105. The van der Waals surface area contributed by atoms with E-state index in [4.69, 9.17) is 0 Å². The molecule has 0 spiro atoms. The summed E-state index contributed by atoms with van der Waals surface area (Å²) in [4.78, 5) is 38.3. The fourth-order valence-electron chi connectivity index (χ4n) is 3.03. The number of benzene rings is 2. The van der Waals surface area contributed by atoms with Crippen molar-refractivity contribution in [2.24, 2.45) is 0 Å². The highest BCUT2D eigenvalue weighted by atomic mass is 32.1. The number of amides is 1. The quantitative estimate of drug-likeness (QED) is 0.364. The Morgan fingerprint density at radius 2 is 1.68 bits per heavy atom. The molecule has 0 radical (unpaired) electrons. The first kappa shape index (κ1) is 20.1. The Kier molecular flexibility index (Phi) is 4.91. The van der Waals surface area contributed by atoms with Crippen molar-refractivity contribution in [3.8, 4) is 11.3 Å². The van der Waals surface area contributed by atoms with Gasteiger partial charge in [-0.15, -0.1) is 16.4 Å². The van der Waals surface area contributed by atoms with Crippen molar-refractivity contribution in [3.05, 3.63) is 78.7 Å². The second-order valence-electron chi connectivity index (χ2n) is 6.72. The molecule has 1 N–H and O–H groups in total. The molecule has 11 nitrogen and oxygen atoms in total. The van der Waals surface area contributed by atoms with Crippen LogP contribution in [0.15, 0.2) is 41.8 Å². The number of nitrogens with one attached hydrogen (secondary N) is 1. The Labute approximate surface area is 178 Å². The fourth-order valence-corrected chi connectivity index (χ4v) is 3.86. The highest BCUT2D eigenvalue weighted by Crippen LogP contribution is 2.30. The maximum absolute atomic E-state index is 12.6. The summed E-state index contributed by atoms with van der Waals surface area (Å²) in [6.07, 6.45) is 0. The zero-order valence-electron chi connectivity index (χ0n) is 16.2. The minimum Gasteiger partial charge on any atom is -0.289 e. The smallest absolute Gasteiger partial charge is 0.279 e. The Morgan fingerprint density at radius 3 is 2.26 bits per heavy atom. The number of hydrogen-bond donors (Lipinski definition) is 1. The van der Waals surface area contributed by atoms with Gasteiger partial charge in [-0.2, -0.15) is 4.98 Å². The number of rotatable bonds is 5. The first-order chi connectivity index (χ1) is 14.7. The van der Waals surface area contributed by atoms with Gasteiger partial charge in [-0.1, -0.05) is 29.8 Å². The van der Waals surface area contributed by atoms with Gasteiger partial charge < -0.3 is 0 Å². The van der Waals surface area contributed by atoms with E-state index in [1.807, 2.05) is 36.6 Å². The minimum atomic E-state index is -0.790. The van der Waals surface area contributed by atoms with Crippen LogP contribution in [-0.2, 0) is 0 Å². The van der Waals surface area contributed by atoms with E-state index in [0.29, 0.717) is 4.96 Å². The molecule has 2 aromatic carbocycles. The van der Waals surface area contributed by atoms with Crippen LogP contribution in [0.25, 0.3) is 16.2 Å². The van der Waals surface area contributed by atoms with Gasteiger partial charge in [0, 0.05) is 23.1 Å². The van der Waals surface area contributed by atoms with E-state index in [2.05, 4.69) is 15.4 Å². The number of nitro groups is 2. The number of fused-ring (bicyclic) bond motifs is 1. The van der Waals surface area contributed by atoms with E-state index in [9.17, 15) is 25.0 Å². The standard InChI is InChI=1S/C19H14N6O5S/c1-10-3-5-12(6-4-10)16-9-31-19-21-18(22-23(16)19)20-17(26)13-7-14(24(27)28)11(2)15(8-13)25(29)30/h3-9H,1-2H3,(H,20,22,26). The van der Waals surface area contributed by atoms with Gasteiger partial charge in [0.2, 0.25) is 4.96 Å². The molecule has 0 unspecified atom stereocenters. The molecule has 0 bridgehead atoms. The largest absolute Gasteiger partial charge is 0.289 e. The molecular weight excluding hydrogens is 424 g/mol. The summed E-state index contributed by atoms with van der Waals surface area (Å²) < 4.78 is 1.57. The molecule has 0 aliphatic heterocycles. The van der Waals surface area contributed by atoms with Gasteiger partial charge in [-0.3, -0.25) is 30.3 Å². The van der Waals surface area contributed by atoms with Crippen molar-refractivity contribution in [1.29, 1.82) is 0 Å². The number of aromatic nitrogens is 3. The predicted molar refractivity (Wildman–Crippen MR) is 113 cm³/mol. The zero-order chi connectivity index (χ0) is 22.3. The van der Waals surface area contributed by atoms with Crippen molar-refractivity contribution >= 4 is 39.5 Å². The number of hydrogen-bond acceptors (Lipinski definition) is 8. The highest BCUT2D eigenvalue weighted by Gasteiger charge is 2.26. The first-order valence-electron chi connectivity index (χ1n) is 8.90. The Bertz CT molecular complexity index is 1320. The molecule has 0 aliphatic carbocycles. The van der Waals surface area contributed by atoms with Gasteiger partial charge in [0.15, 0.2) is 0 Å². The van der Waals surface area contributed by atoms with Crippen molar-refractivity contribution < 1.29 is 14.6 Å². The van der Waals surface area contributed by atoms with E-state index >= 15 is 0 Å². The number of anilines is 1. The van der Waals surface area contributed by atoms with Gasteiger partial charge >= 0.3 is 0 Å². The van der Waals surface area contributed by atoms with Crippen LogP contribution in [0, 0.1) is 34.1 Å². The summed E-state index contributed by atoms with van der Waals surface area (Å²) in [5.41, 5.74) is 1.43. The molecule has 156 valence electrons. The van der Waals surface area contributed by atoms with Crippen LogP contribution in [0.2, 0.25) is 0 Å². The third-order valence-electron chi connectivity index (χ3n) is 4.66. The molecule has 0 atom stereocenters. The van der Waals surface area contributed by atoms with Crippen LogP contribution in [0.1, 0.15) is 21.5 Å². The Hall–Kier alpha value is -4.19. The zero-order valence-corrected chi connectivity index (χ0v) is 17.0. The summed E-state index contributed by atoms with van der Waals surface area (Å²) in [6.45, 7) is 3.24. The number of nitrogens with zero attached hydrogens (tertiary/aromatic N) is 5. The van der Waals surface area contributed by atoms with Crippen molar-refractivity contribution in [1.82, 2.24) is 14.6 Å². The van der Waals surface area contributed by atoms with E-state index in [1.165, 1.54) is 18.3 Å². The Morgan fingerprint density at radius 1 is 1.06 bits per heavy atom. The minimum absolute atomic E-state index is 0.0175. The van der Waals surface area contributed by atoms with Crippen LogP contribution in [-0.4, -0.2) is 30.4 Å². The van der Waals surface area contributed by atoms with E-state index < -0.39 is 27.1 Å².